The molecule has 1 aromatic carbocycles. The Kier molecular flexibility index (Phi) is 5.16. The van der Waals surface area contributed by atoms with Crippen LogP contribution in [-0.4, -0.2) is 0 Å². The fraction of sp³-hybridized carbons (Fsp3) is 0.682. The molecule has 1 aromatic rings. The van der Waals surface area contributed by atoms with Gasteiger partial charge >= 0.3 is 0 Å². The molecule has 22 heavy (non-hydrogen) atoms. The average Bonchev–Trinajstić information content (AvgIpc) is 2.56. The Hall–Kier alpha value is -0.910. The summed E-state index contributed by atoms with van der Waals surface area (Å²) in [4.78, 5) is 0. The van der Waals surface area contributed by atoms with Crippen LogP contribution in [0.2, 0.25) is 0 Å². The van der Waals surface area contributed by atoms with Crippen molar-refractivity contribution in [3.8, 4) is 0 Å². The summed E-state index contributed by atoms with van der Waals surface area (Å²) in [6.07, 6.45) is 11.9. The van der Waals surface area contributed by atoms with Crippen LogP contribution in [0.25, 0.3) is 0 Å². The van der Waals surface area contributed by atoms with E-state index in [0.29, 0.717) is 5.92 Å². The lowest BCUT2D eigenvalue weighted by Gasteiger charge is -2.38. The fourth-order valence-corrected chi connectivity index (χ4v) is 4.97. The van der Waals surface area contributed by atoms with Crippen LogP contribution in [-0.2, 0) is 0 Å². The van der Waals surface area contributed by atoms with Gasteiger partial charge in [-0.1, -0.05) is 26.7 Å². The van der Waals surface area contributed by atoms with E-state index in [-0.39, 0.29) is 0 Å². The predicted octanol–water partition coefficient (Wildman–Crippen LogP) is 6.60. The van der Waals surface area contributed by atoms with Crippen molar-refractivity contribution in [2.45, 2.75) is 71.1 Å². The third-order valence-corrected chi connectivity index (χ3v) is 6.76. The molecule has 2 fully saturated rings. The molecule has 0 spiro atoms. The number of hydrogen-bond donors (Lipinski definition) is 0. The Morgan fingerprint density at radius 3 is 1.86 bits per heavy atom. The molecule has 0 N–H and O–H groups in total. The minimum Gasteiger partial charge on any atom is -0.0625 e. The van der Waals surface area contributed by atoms with Crippen LogP contribution in [0.3, 0.4) is 0 Å². The van der Waals surface area contributed by atoms with Crippen LogP contribution in [0, 0.1) is 30.6 Å². The number of rotatable bonds is 3. The quantitative estimate of drug-likeness (QED) is 0.551. The maximum atomic E-state index is 4.00. The molecule has 0 bridgehead atoms. The molecule has 1 unspecified atom stereocenters. The second-order valence-electron chi connectivity index (χ2n) is 8.23. The molecular formula is C22H33+. The van der Waals surface area contributed by atoms with Crippen LogP contribution in [0.15, 0.2) is 24.3 Å². The third kappa shape index (κ3) is 3.70. The third-order valence-electron chi connectivity index (χ3n) is 6.76. The van der Waals surface area contributed by atoms with Crippen molar-refractivity contribution in [3.63, 3.8) is 0 Å². The topological polar surface area (TPSA) is 0 Å². The summed E-state index contributed by atoms with van der Waals surface area (Å²) in [6, 6.07) is 8.92. The Morgan fingerprint density at radius 1 is 0.818 bits per heavy atom. The van der Waals surface area contributed by atoms with Crippen LogP contribution >= 0.6 is 0 Å². The van der Waals surface area contributed by atoms with Gasteiger partial charge in [0.1, 0.15) is 5.56 Å². The molecule has 1 atom stereocenters. The van der Waals surface area contributed by atoms with Crippen LogP contribution in [0.5, 0.6) is 0 Å². The predicted molar refractivity (Wildman–Crippen MR) is 95.9 cm³/mol. The molecule has 2 aliphatic carbocycles. The van der Waals surface area contributed by atoms with Gasteiger partial charge in [-0.15, -0.1) is 0 Å². The number of benzene rings is 1. The van der Waals surface area contributed by atoms with E-state index in [4.69, 9.17) is 0 Å². The lowest BCUT2D eigenvalue weighted by atomic mass is 9.67. The van der Waals surface area contributed by atoms with E-state index >= 15 is 0 Å². The van der Waals surface area contributed by atoms with Gasteiger partial charge in [0.05, 0.1) is 0 Å². The lowest BCUT2D eigenvalue weighted by Crippen LogP contribution is -2.26. The molecule has 0 saturated heterocycles. The van der Waals surface area contributed by atoms with Crippen LogP contribution < -0.4 is 0 Å². The van der Waals surface area contributed by atoms with Gasteiger partial charge in [0.25, 0.3) is 0 Å². The highest BCUT2D eigenvalue weighted by molar-refractivity contribution is 5.27. The van der Waals surface area contributed by atoms with Crippen LogP contribution in [0.1, 0.15) is 82.3 Å². The van der Waals surface area contributed by atoms with Crippen molar-refractivity contribution < 1.29 is 0 Å². The highest BCUT2D eigenvalue weighted by Gasteiger charge is 2.32. The van der Waals surface area contributed by atoms with Crippen molar-refractivity contribution in [2.24, 2.45) is 23.7 Å². The molecule has 2 saturated carbocycles. The molecule has 0 heterocycles. The second-order valence-corrected chi connectivity index (χ2v) is 8.23. The summed E-state index contributed by atoms with van der Waals surface area (Å²) in [5.74, 6) is 4.70. The lowest BCUT2D eigenvalue weighted by molar-refractivity contribution is 0.143. The first kappa shape index (κ1) is 16.0. The summed E-state index contributed by atoms with van der Waals surface area (Å²) >= 11 is 0. The molecular weight excluding hydrogens is 264 g/mol. The maximum absolute atomic E-state index is 4.00. The van der Waals surface area contributed by atoms with Crippen molar-refractivity contribution in [1.29, 1.82) is 0 Å². The monoisotopic (exact) mass is 297 g/mol. The van der Waals surface area contributed by atoms with Gasteiger partial charge < -0.3 is 0 Å². The normalized spacial score (nSPS) is 34.3. The zero-order valence-electron chi connectivity index (χ0n) is 14.6. The van der Waals surface area contributed by atoms with Crippen molar-refractivity contribution >= 4 is 0 Å². The molecule has 0 amide bonds. The molecule has 0 aromatic heterocycles. The zero-order chi connectivity index (χ0) is 15.5. The van der Waals surface area contributed by atoms with Gasteiger partial charge in [0.15, 0.2) is 0 Å². The van der Waals surface area contributed by atoms with Gasteiger partial charge in [-0.25, -0.2) is 0 Å². The minimum atomic E-state index is 0.716. The van der Waals surface area contributed by atoms with E-state index in [1.165, 1.54) is 56.9 Å². The maximum Gasteiger partial charge on any atom is 0.126 e. The Balaban J connectivity index is 1.52. The van der Waals surface area contributed by atoms with Crippen molar-refractivity contribution in [3.05, 3.63) is 42.3 Å². The molecule has 2 aliphatic rings. The summed E-state index contributed by atoms with van der Waals surface area (Å²) in [7, 11) is 0. The molecule has 0 heteroatoms. The van der Waals surface area contributed by atoms with Gasteiger partial charge in [-0.05, 0) is 85.8 Å². The van der Waals surface area contributed by atoms with E-state index in [2.05, 4.69) is 45.0 Å². The number of hydrogen-bond acceptors (Lipinski definition) is 0. The molecule has 0 aliphatic heterocycles. The first-order valence-electron chi connectivity index (χ1n) is 9.55. The Morgan fingerprint density at radius 2 is 1.32 bits per heavy atom. The van der Waals surface area contributed by atoms with E-state index < -0.39 is 0 Å². The Bertz CT molecular complexity index is 441. The summed E-state index contributed by atoms with van der Waals surface area (Å²) in [5.41, 5.74) is 2.65. The largest absolute Gasteiger partial charge is 0.126 e. The average molecular weight is 298 g/mol. The molecule has 120 valence electrons. The van der Waals surface area contributed by atoms with Crippen LogP contribution in [0.4, 0.5) is 0 Å². The first-order valence-corrected chi connectivity index (χ1v) is 9.55. The van der Waals surface area contributed by atoms with Gasteiger partial charge in [-0.3, -0.25) is 0 Å². The van der Waals surface area contributed by atoms with E-state index in [1.807, 2.05) is 0 Å². The van der Waals surface area contributed by atoms with E-state index in [1.54, 1.807) is 0 Å². The highest BCUT2D eigenvalue weighted by Crippen LogP contribution is 2.44. The van der Waals surface area contributed by atoms with Crippen molar-refractivity contribution in [2.75, 3.05) is 0 Å². The van der Waals surface area contributed by atoms with E-state index in [9.17, 15) is 0 Å². The fourth-order valence-electron chi connectivity index (χ4n) is 4.97. The summed E-state index contributed by atoms with van der Waals surface area (Å²) in [5, 5.41) is 0. The molecule has 3 rings (SSSR count). The standard InChI is InChI=1S/C22H33/c1-16-4-8-19(9-5-16)18(3)20-12-14-22(15-13-20)21-10-6-17(2)7-11-21/h4-5,8-9,17-18,20-22H,1,6-7,10-15H2,2-3H3/q+1. The smallest absolute Gasteiger partial charge is 0.0625 e. The highest BCUT2D eigenvalue weighted by atomic mass is 14.4. The molecule has 0 radical (unpaired) electrons. The van der Waals surface area contributed by atoms with Crippen molar-refractivity contribution in [1.82, 2.24) is 0 Å². The van der Waals surface area contributed by atoms with E-state index in [0.717, 1.165) is 29.2 Å². The second kappa shape index (κ2) is 7.11. The minimum absolute atomic E-state index is 0.716. The Labute approximate surface area is 137 Å². The first-order chi connectivity index (χ1) is 10.6. The van der Waals surface area contributed by atoms with Gasteiger partial charge in [0, 0.05) is 19.1 Å². The summed E-state index contributed by atoms with van der Waals surface area (Å²) in [6.45, 7) is 8.87. The SMILES string of the molecule is [CH2+]c1ccc(C(C)C2CCC(C3CCC(C)CC3)CC2)cc1. The van der Waals surface area contributed by atoms with Gasteiger partial charge in [0.2, 0.25) is 0 Å². The molecule has 0 nitrogen and oxygen atoms in total. The van der Waals surface area contributed by atoms with Gasteiger partial charge in [-0.2, -0.15) is 0 Å². The summed E-state index contributed by atoms with van der Waals surface area (Å²) < 4.78 is 0. The zero-order valence-corrected chi connectivity index (χ0v) is 14.6.